The van der Waals surface area contributed by atoms with Gasteiger partial charge in [-0.25, -0.2) is 0 Å². The third-order valence-corrected chi connectivity index (χ3v) is 3.63. The third-order valence-electron chi connectivity index (χ3n) is 3.39. The van der Waals surface area contributed by atoms with Gasteiger partial charge in [0.1, 0.15) is 0 Å². The van der Waals surface area contributed by atoms with Gasteiger partial charge in [-0.2, -0.15) is 0 Å². The highest BCUT2D eigenvalue weighted by Crippen LogP contribution is 2.21. The molecular formula is C18H15ClN4O. The molecule has 0 aliphatic carbocycles. The Hall–Kier alpha value is -2.92. The summed E-state index contributed by atoms with van der Waals surface area (Å²) in [6.07, 6.45) is 0. The molecule has 2 N–H and O–H groups in total. The molecule has 6 heteroatoms. The number of para-hydroxylation sites is 1. The van der Waals surface area contributed by atoms with Gasteiger partial charge in [-0.3, -0.25) is 4.79 Å². The number of nitrogens with one attached hydrogen (secondary N) is 2. The lowest BCUT2D eigenvalue weighted by Gasteiger charge is -2.09. The Labute approximate surface area is 144 Å². The first-order valence-corrected chi connectivity index (χ1v) is 7.73. The first-order valence-electron chi connectivity index (χ1n) is 7.35. The zero-order valence-electron chi connectivity index (χ0n) is 13.0. The SMILES string of the molecule is Cc1ccc(Cl)cc1NC(=O)c1ccc(Nc2ccccc2)nn1. The van der Waals surface area contributed by atoms with Crippen molar-refractivity contribution in [2.45, 2.75) is 6.92 Å². The largest absolute Gasteiger partial charge is 0.339 e. The number of benzene rings is 2. The summed E-state index contributed by atoms with van der Waals surface area (Å²) in [7, 11) is 0. The van der Waals surface area contributed by atoms with Crippen molar-refractivity contribution in [2.24, 2.45) is 0 Å². The van der Waals surface area contributed by atoms with Crippen LogP contribution in [0.5, 0.6) is 0 Å². The molecule has 2 aromatic carbocycles. The standard InChI is InChI=1S/C18H15ClN4O/c1-12-7-8-13(19)11-16(12)21-18(24)15-9-10-17(23-22-15)20-14-5-3-2-4-6-14/h2-11H,1H3,(H,20,23)(H,21,24). The van der Waals surface area contributed by atoms with E-state index in [-0.39, 0.29) is 11.6 Å². The van der Waals surface area contributed by atoms with Gasteiger partial charge >= 0.3 is 0 Å². The second-order valence-electron chi connectivity index (χ2n) is 5.21. The Morgan fingerprint density at radius 3 is 2.50 bits per heavy atom. The monoisotopic (exact) mass is 338 g/mol. The van der Waals surface area contributed by atoms with Crippen LogP contribution in [-0.2, 0) is 0 Å². The van der Waals surface area contributed by atoms with Gasteiger partial charge in [0, 0.05) is 16.4 Å². The number of amides is 1. The van der Waals surface area contributed by atoms with E-state index in [0.29, 0.717) is 16.5 Å². The molecule has 0 bridgehead atoms. The fourth-order valence-corrected chi connectivity index (χ4v) is 2.28. The molecule has 120 valence electrons. The molecule has 1 amide bonds. The van der Waals surface area contributed by atoms with Gasteiger partial charge in [0.05, 0.1) is 0 Å². The first kappa shape index (κ1) is 16.0. The van der Waals surface area contributed by atoms with Crippen LogP contribution in [0.25, 0.3) is 0 Å². The molecular weight excluding hydrogens is 324 g/mol. The van der Waals surface area contributed by atoms with E-state index in [1.807, 2.05) is 43.3 Å². The third kappa shape index (κ3) is 3.88. The molecule has 0 atom stereocenters. The Morgan fingerprint density at radius 1 is 1.00 bits per heavy atom. The number of carbonyl (C=O) groups excluding carboxylic acids is 1. The van der Waals surface area contributed by atoms with Gasteiger partial charge in [-0.05, 0) is 48.9 Å². The molecule has 24 heavy (non-hydrogen) atoms. The van der Waals surface area contributed by atoms with Crippen LogP contribution in [0.3, 0.4) is 0 Å². The molecule has 0 spiro atoms. The summed E-state index contributed by atoms with van der Waals surface area (Å²) in [5, 5.41) is 14.5. The molecule has 1 heterocycles. The van der Waals surface area contributed by atoms with Crippen LogP contribution in [0.4, 0.5) is 17.2 Å². The summed E-state index contributed by atoms with van der Waals surface area (Å²) >= 11 is 5.96. The van der Waals surface area contributed by atoms with E-state index in [1.54, 1.807) is 24.3 Å². The van der Waals surface area contributed by atoms with E-state index < -0.39 is 0 Å². The first-order chi connectivity index (χ1) is 11.6. The normalized spacial score (nSPS) is 10.2. The molecule has 1 aromatic heterocycles. The minimum absolute atomic E-state index is 0.230. The van der Waals surface area contributed by atoms with Gasteiger partial charge in [-0.1, -0.05) is 35.9 Å². The number of hydrogen-bond donors (Lipinski definition) is 2. The minimum Gasteiger partial charge on any atom is -0.339 e. The maximum absolute atomic E-state index is 12.3. The molecule has 0 saturated heterocycles. The highest BCUT2D eigenvalue weighted by molar-refractivity contribution is 6.31. The van der Waals surface area contributed by atoms with Gasteiger partial charge in [0.2, 0.25) is 0 Å². The number of aromatic nitrogens is 2. The van der Waals surface area contributed by atoms with Crippen LogP contribution in [-0.4, -0.2) is 16.1 Å². The summed E-state index contributed by atoms with van der Waals surface area (Å²) < 4.78 is 0. The van der Waals surface area contributed by atoms with Crippen LogP contribution >= 0.6 is 11.6 Å². The lowest BCUT2D eigenvalue weighted by atomic mass is 10.2. The van der Waals surface area contributed by atoms with Crippen molar-refractivity contribution in [3.63, 3.8) is 0 Å². The van der Waals surface area contributed by atoms with E-state index in [1.165, 1.54) is 0 Å². The quantitative estimate of drug-likeness (QED) is 0.738. The zero-order chi connectivity index (χ0) is 16.9. The van der Waals surface area contributed by atoms with Crippen molar-refractivity contribution < 1.29 is 4.79 Å². The van der Waals surface area contributed by atoms with Crippen molar-refractivity contribution in [1.29, 1.82) is 0 Å². The summed E-state index contributed by atoms with van der Waals surface area (Å²) in [5.41, 5.74) is 2.70. The van der Waals surface area contributed by atoms with Crippen LogP contribution in [0.1, 0.15) is 16.1 Å². The molecule has 3 aromatic rings. The lowest BCUT2D eigenvalue weighted by Crippen LogP contribution is -2.15. The van der Waals surface area contributed by atoms with E-state index in [2.05, 4.69) is 20.8 Å². The average Bonchev–Trinajstić information content (AvgIpc) is 2.60. The molecule has 5 nitrogen and oxygen atoms in total. The number of nitrogens with zero attached hydrogens (tertiary/aromatic N) is 2. The molecule has 0 unspecified atom stereocenters. The van der Waals surface area contributed by atoms with Gasteiger partial charge < -0.3 is 10.6 Å². The van der Waals surface area contributed by atoms with Crippen molar-refractivity contribution in [3.05, 3.63) is 76.9 Å². The van der Waals surface area contributed by atoms with Gasteiger partial charge in [0.15, 0.2) is 11.5 Å². The van der Waals surface area contributed by atoms with Crippen molar-refractivity contribution >= 4 is 34.7 Å². The number of carbonyl (C=O) groups is 1. The summed E-state index contributed by atoms with van der Waals surface area (Å²) in [4.78, 5) is 12.3. The second-order valence-corrected chi connectivity index (χ2v) is 5.64. The van der Waals surface area contributed by atoms with E-state index in [9.17, 15) is 4.79 Å². The summed E-state index contributed by atoms with van der Waals surface area (Å²) in [6.45, 7) is 1.89. The van der Waals surface area contributed by atoms with E-state index in [0.717, 1.165) is 11.3 Å². The van der Waals surface area contributed by atoms with Crippen LogP contribution in [0, 0.1) is 6.92 Å². The van der Waals surface area contributed by atoms with Gasteiger partial charge in [0.25, 0.3) is 5.91 Å². The second kappa shape index (κ2) is 7.10. The van der Waals surface area contributed by atoms with E-state index in [4.69, 9.17) is 11.6 Å². The minimum atomic E-state index is -0.334. The number of aryl methyl sites for hydroxylation is 1. The highest BCUT2D eigenvalue weighted by atomic mass is 35.5. The zero-order valence-corrected chi connectivity index (χ0v) is 13.7. The van der Waals surface area contributed by atoms with Crippen molar-refractivity contribution in [1.82, 2.24) is 10.2 Å². The van der Waals surface area contributed by atoms with Crippen molar-refractivity contribution in [2.75, 3.05) is 10.6 Å². The van der Waals surface area contributed by atoms with E-state index >= 15 is 0 Å². The summed E-state index contributed by atoms with van der Waals surface area (Å²) in [6, 6.07) is 18.3. The molecule has 0 radical (unpaired) electrons. The predicted molar refractivity (Wildman–Crippen MR) is 95.9 cm³/mol. The van der Waals surface area contributed by atoms with Crippen molar-refractivity contribution in [3.8, 4) is 0 Å². The number of anilines is 3. The topological polar surface area (TPSA) is 66.9 Å². The number of halogens is 1. The molecule has 0 fully saturated rings. The van der Waals surface area contributed by atoms with Crippen LogP contribution < -0.4 is 10.6 Å². The Kier molecular flexibility index (Phi) is 4.72. The van der Waals surface area contributed by atoms with Gasteiger partial charge in [-0.15, -0.1) is 10.2 Å². The fraction of sp³-hybridized carbons (Fsp3) is 0.0556. The molecule has 3 rings (SSSR count). The number of hydrogen-bond acceptors (Lipinski definition) is 4. The fourth-order valence-electron chi connectivity index (χ4n) is 2.10. The lowest BCUT2D eigenvalue weighted by molar-refractivity contribution is 0.102. The highest BCUT2D eigenvalue weighted by Gasteiger charge is 2.10. The number of rotatable bonds is 4. The molecule has 0 aliphatic rings. The molecule has 0 aliphatic heterocycles. The Bertz CT molecular complexity index is 851. The Balaban J connectivity index is 1.71. The predicted octanol–water partition coefficient (Wildman–Crippen LogP) is 4.43. The maximum Gasteiger partial charge on any atom is 0.276 e. The van der Waals surface area contributed by atoms with Crippen LogP contribution in [0.2, 0.25) is 5.02 Å². The Morgan fingerprint density at radius 2 is 1.79 bits per heavy atom. The average molecular weight is 339 g/mol. The van der Waals surface area contributed by atoms with Crippen LogP contribution in [0.15, 0.2) is 60.7 Å². The maximum atomic E-state index is 12.3. The smallest absolute Gasteiger partial charge is 0.276 e. The molecule has 0 saturated carbocycles. The summed E-state index contributed by atoms with van der Waals surface area (Å²) in [5.74, 6) is 0.232.